The maximum Gasteiger partial charge on any atom is 0.251 e. The SMILES string of the molecule is COc1ccccc1C1Nc2ccccc2-c2c(C(N)=O)cnn3ccc1c23. The number of hydrogen-bond acceptors (Lipinski definition) is 4. The van der Waals surface area contributed by atoms with Crippen LogP contribution in [0.2, 0.25) is 0 Å². The van der Waals surface area contributed by atoms with Crippen molar-refractivity contribution in [3.8, 4) is 16.9 Å². The second kappa shape index (κ2) is 6.13. The lowest BCUT2D eigenvalue weighted by Gasteiger charge is -2.21. The lowest BCUT2D eigenvalue weighted by atomic mass is 9.96. The molecule has 0 fully saturated rings. The molecule has 5 rings (SSSR count). The summed E-state index contributed by atoms with van der Waals surface area (Å²) in [5, 5.41) is 8.04. The maximum atomic E-state index is 12.2. The van der Waals surface area contributed by atoms with Crippen molar-refractivity contribution in [3.63, 3.8) is 0 Å². The standard InChI is InChI=1S/C22H18N4O2/c1-28-18-9-5-3-7-14(18)20-15-10-11-26-21(15)19(16(12-24-26)22(23)27)13-6-2-4-8-17(13)25-20/h2-12,20,25H,1H3,(H2,23,27). The van der Waals surface area contributed by atoms with Crippen LogP contribution in [-0.4, -0.2) is 22.6 Å². The number of hydrogen-bond donors (Lipinski definition) is 2. The first-order chi connectivity index (χ1) is 13.7. The molecule has 138 valence electrons. The summed E-state index contributed by atoms with van der Waals surface area (Å²) in [6.07, 6.45) is 3.44. The third-order valence-electron chi connectivity index (χ3n) is 5.24. The summed E-state index contributed by atoms with van der Waals surface area (Å²) in [6, 6.07) is 17.7. The van der Waals surface area contributed by atoms with E-state index in [-0.39, 0.29) is 6.04 Å². The number of amides is 1. The van der Waals surface area contributed by atoms with Gasteiger partial charge in [-0.1, -0.05) is 36.4 Å². The molecule has 1 unspecified atom stereocenters. The van der Waals surface area contributed by atoms with Gasteiger partial charge in [0.05, 0.1) is 30.4 Å². The molecule has 3 N–H and O–H groups in total. The number of benzene rings is 2. The minimum atomic E-state index is -0.498. The lowest BCUT2D eigenvalue weighted by molar-refractivity contribution is 0.100. The average Bonchev–Trinajstić information content (AvgIpc) is 3.09. The van der Waals surface area contributed by atoms with E-state index < -0.39 is 5.91 Å². The zero-order valence-electron chi connectivity index (χ0n) is 15.2. The molecule has 28 heavy (non-hydrogen) atoms. The van der Waals surface area contributed by atoms with Gasteiger partial charge >= 0.3 is 0 Å². The zero-order chi connectivity index (χ0) is 19.3. The summed E-state index contributed by atoms with van der Waals surface area (Å²) >= 11 is 0. The normalized spacial score (nSPS) is 14.8. The number of anilines is 1. The number of carbonyl (C=O) groups excluding carboxylic acids is 1. The van der Waals surface area contributed by atoms with Crippen molar-refractivity contribution in [2.45, 2.75) is 6.04 Å². The van der Waals surface area contributed by atoms with Crippen LogP contribution in [0.5, 0.6) is 5.75 Å². The number of methoxy groups -OCH3 is 1. The summed E-state index contributed by atoms with van der Waals surface area (Å²) in [4.78, 5) is 12.2. The molecule has 0 aliphatic carbocycles. The predicted molar refractivity (Wildman–Crippen MR) is 108 cm³/mol. The number of primary amides is 1. The number of rotatable bonds is 3. The Morgan fingerprint density at radius 2 is 1.89 bits per heavy atom. The lowest BCUT2D eigenvalue weighted by Crippen LogP contribution is -2.14. The molecule has 0 saturated heterocycles. The van der Waals surface area contributed by atoms with Gasteiger partial charge in [-0.25, -0.2) is 4.52 Å². The van der Waals surface area contributed by atoms with Crippen molar-refractivity contribution in [1.82, 2.24) is 9.61 Å². The van der Waals surface area contributed by atoms with E-state index in [1.54, 1.807) is 11.6 Å². The van der Waals surface area contributed by atoms with Gasteiger partial charge in [0.15, 0.2) is 0 Å². The van der Waals surface area contributed by atoms with Gasteiger partial charge < -0.3 is 15.8 Å². The van der Waals surface area contributed by atoms with Gasteiger partial charge in [-0.2, -0.15) is 5.10 Å². The summed E-state index contributed by atoms with van der Waals surface area (Å²) in [6.45, 7) is 0. The first kappa shape index (κ1) is 16.4. The molecule has 6 nitrogen and oxygen atoms in total. The van der Waals surface area contributed by atoms with Gasteiger partial charge in [-0.15, -0.1) is 0 Å². The first-order valence-corrected chi connectivity index (χ1v) is 8.98. The average molecular weight is 370 g/mol. The molecule has 2 aromatic heterocycles. The Hall–Kier alpha value is -3.80. The van der Waals surface area contributed by atoms with Crippen LogP contribution in [0.15, 0.2) is 67.0 Å². The number of fused-ring (bicyclic) bond motifs is 2. The highest BCUT2D eigenvalue weighted by Gasteiger charge is 2.29. The van der Waals surface area contributed by atoms with Gasteiger partial charge in [0.1, 0.15) is 5.75 Å². The van der Waals surface area contributed by atoms with E-state index in [4.69, 9.17) is 10.5 Å². The fraction of sp³-hybridized carbons (Fsp3) is 0.0909. The van der Waals surface area contributed by atoms with E-state index in [1.807, 2.05) is 60.8 Å². The van der Waals surface area contributed by atoms with Crippen LogP contribution in [0.4, 0.5) is 5.69 Å². The molecule has 1 aliphatic rings. The molecule has 0 spiro atoms. The topological polar surface area (TPSA) is 81.6 Å². The molecule has 1 aliphatic heterocycles. The van der Waals surface area contributed by atoms with E-state index in [1.165, 1.54) is 6.20 Å². The highest BCUT2D eigenvalue weighted by atomic mass is 16.5. The third-order valence-corrected chi connectivity index (χ3v) is 5.24. The van der Waals surface area contributed by atoms with E-state index in [0.717, 1.165) is 39.2 Å². The second-order valence-corrected chi connectivity index (χ2v) is 6.73. The van der Waals surface area contributed by atoms with Crippen molar-refractivity contribution in [2.24, 2.45) is 5.73 Å². The van der Waals surface area contributed by atoms with Crippen LogP contribution in [0, 0.1) is 0 Å². The summed E-state index contributed by atoms with van der Waals surface area (Å²) in [5.41, 5.74) is 11.6. The number of nitrogens with two attached hydrogens (primary N) is 1. The Morgan fingerprint density at radius 1 is 1.11 bits per heavy atom. The highest BCUT2D eigenvalue weighted by Crippen LogP contribution is 2.44. The molecule has 1 amide bonds. The zero-order valence-corrected chi connectivity index (χ0v) is 15.2. The number of ether oxygens (including phenoxy) is 1. The molecule has 4 aromatic rings. The molecular formula is C22H18N4O2. The Bertz CT molecular complexity index is 1230. The number of nitrogens with one attached hydrogen (secondary N) is 1. The Morgan fingerprint density at radius 3 is 2.71 bits per heavy atom. The van der Waals surface area contributed by atoms with Crippen molar-refractivity contribution in [3.05, 3.63) is 83.7 Å². The van der Waals surface area contributed by atoms with Crippen molar-refractivity contribution < 1.29 is 9.53 Å². The molecule has 6 heteroatoms. The van der Waals surface area contributed by atoms with Gasteiger partial charge in [-0.05, 0) is 18.2 Å². The summed E-state index contributed by atoms with van der Waals surface area (Å²) in [7, 11) is 1.67. The fourth-order valence-electron chi connectivity index (χ4n) is 4.01. The van der Waals surface area contributed by atoms with E-state index in [9.17, 15) is 4.79 Å². The molecule has 3 heterocycles. The van der Waals surface area contributed by atoms with E-state index in [2.05, 4.69) is 10.4 Å². The number of carbonyl (C=O) groups is 1. The van der Waals surface area contributed by atoms with Crippen molar-refractivity contribution in [2.75, 3.05) is 12.4 Å². The fourth-order valence-corrected chi connectivity index (χ4v) is 4.01. The minimum Gasteiger partial charge on any atom is -0.496 e. The molecule has 0 saturated carbocycles. The number of aromatic nitrogens is 2. The van der Waals surface area contributed by atoms with Gasteiger partial charge in [0.25, 0.3) is 5.91 Å². The van der Waals surface area contributed by atoms with Crippen LogP contribution < -0.4 is 15.8 Å². The summed E-state index contributed by atoms with van der Waals surface area (Å²) in [5.74, 6) is 0.294. The third kappa shape index (κ3) is 2.28. The van der Waals surface area contributed by atoms with Gasteiger partial charge in [0, 0.05) is 34.1 Å². The van der Waals surface area contributed by atoms with Crippen LogP contribution in [0.1, 0.15) is 27.5 Å². The molecule has 2 aromatic carbocycles. The molecule has 0 radical (unpaired) electrons. The summed E-state index contributed by atoms with van der Waals surface area (Å²) < 4.78 is 7.41. The highest BCUT2D eigenvalue weighted by molar-refractivity contribution is 6.07. The van der Waals surface area contributed by atoms with E-state index >= 15 is 0 Å². The van der Waals surface area contributed by atoms with E-state index in [0.29, 0.717) is 5.56 Å². The Labute approximate surface area is 161 Å². The molecular weight excluding hydrogens is 352 g/mol. The second-order valence-electron chi connectivity index (χ2n) is 6.73. The number of para-hydroxylation sites is 2. The van der Waals surface area contributed by atoms with Gasteiger partial charge in [-0.3, -0.25) is 4.79 Å². The quantitative estimate of drug-likeness (QED) is 0.577. The Balaban J connectivity index is 1.90. The van der Waals surface area contributed by atoms with Crippen molar-refractivity contribution >= 4 is 17.1 Å². The minimum absolute atomic E-state index is 0.173. The van der Waals surface area contributed by atoms with Gasteiger partial charge in [0.2, 0.25) is 0 Å². The largest absolute Gasteiger partial charge is 0.496 e. The van der Waals surface area contributed by atoms with Crippen LogP contribution >= 0.6 is 0 Å². The first-order valence-electron chi connectivity index (χ1n) is 8.98. The molecule has 0 bridgehead atoms. The predicted octanol–water partition coefficient (Wildman–Crippen LogP) is 3.62. The van der Waals surface area contributed by atoms with Crippen molar-refractivity contribution in [1.29, 1.82) is 0 Å². The van der Waals surface area contributed by atoms with Crippen LogP contribution in [0.3, 0.4) is 0 Å². The molecule has 1 atom stereocenters. The maximum absolute atomic E-state index is 12.2. The van der Waals surface area contributed by atoms with Crippen LogP contribution in [0.25, 0.3) is 16.6 Å². The smallest absolute Gasteiger partial charge is 0.251 e. The number of nitrogens with zero attached hydrogens (tertiary/aromatic N) is 2. The Kier molecular flexibility index (Phi) is 3.58. The monoisotopic (exact) mass is 370 g/mol. The van der Waals surface area contributed by atoms with Crippen LogP contribution in [-0.2, 0) is 0 Å².